The molecule has 0 saturated heterocycles. The van der Waals surface area contributed by atoms with Gasteiger partial charge in [0.05, 0.1) is 13.0 Å². The van der Waals surface area contributed by atoms with Crippen molar-refractivity contribution in [2.24, 2.45) is 5.92 Å². The van der Waals surface area contributed by atoms with E-state index in [1.54, 1.807) is 13.0 Å². The third kappa shape index (κ3) is 6.75. The van der Waals surface area contributed by atoms with Gasteiger partial charge in [0.1, 0.15) is 6.61 Å². The maximum absolute atomic E-state index is 12.1. The minimum atomic E-state index is -0.472. The predicted molar refractivity (Wildman–Crippen MR) is 80.4 cm³/mol. The van der Waals surface area contributed by atoms with Gasteiger partial charge < -0.3 is 9.47 Å². The average Bonchev–Trinajstić information content (AvgIpc) is 2.45. The number of carbonyl (C=O) groups is 2. The highest BCUT2D eigenvalue weighted by molar-refractivity contribution is 5.93. The molecule has 4 nitrogen and oxygen atoms in total. The second-order valence-electron chi connectivity index (χ2n) is 4.98. The Labute approximate surface area is 125 Å². The lowest BCUT2D eigenvalue weighted by molar-refractivity contribution is -0.146. The van der Waals surface area contributed by atoms with E-state index in [4.69, 9.17) is 9.47 Å². The molecular weight excluding hydrogens is 268 g/mol. The van der Waals surface area contributed by atoms with Crippen molar-refractivity contribution in [2.75, 3.05) is 6.61 Å². The molecule has 0 fully saturated rings. The molecule has 0 N–H and O–H groups in total. The second kappa shape index (κ2) is 8.95. The lowest BCUT2D eigenvalue weighted by atomic mass is 10.1. The number of hydrogen-bond donors (Lipinski definition) is 0. The Kier molecular flexibility index (Phi) is 7.23. The monoisotopic (exact) mass is 290 g/mol. The Morgan fingerprint density at radius 2 is 1.81 bits per heavy atom. The van der Waals surface area contributed by atoms with E-state index >= 15 is 0 Å². The molecule has 0 aromatic heterocycles. The van der Waals surface area contributed by atoms with Crippen LogP contribution < -0.4 is 0 Å². The molecule has 0 amide bonds. The van der Waals surface area contributed by atoms with E-state index in [9.17, 15) is 9.59 Å². The summed E-state index contributed by atoms with van der Waals surface area (Å²) in [5.74, 6) is -0.736. The summed E-state index contributed by atoms with van der Waals surface area (Å²) in [6.07, 6.45) is 1.68. The van der Waals surface area contributed by atoms with Crippen LogP contribution in [0, 0.1) is 5.92 Å². The van der Waals surface area contributed by atoms with Gasteiger partial charge in [-0.2, -0.15) is 0 Å². The molecule has 0 radical (unpaired) electrons. The maximum atomic E-state index is 12.1. The van der Waals surface area contributed by atoms with Crippen LogP contribution in [0.3, 0.4) is 0 Å². The van der Waals surface area contributed by atoms with Crippen molar-refractivity contribution in [3.05, 3.63) is 47.5 Å². The van der Waals surface area contributed by atoms with Crippen LogP contribution in [0.2, 0.25) is 0 Å². The molecule has 0 aliphatic rings. The topological polar surface area (TPSA) is 52.6 Å². The molecule has 0 bridgehead atoms. The van der Waals surface area contributed by atoms with E-state index in [0.29, 0.717) is 12.2 Å². The van der Waals surface area contributed by atoms with Crippen LogP contribution in [0.1, 0.15) is 32.8 Å². The fourth-order valence-electron chi connectivity index (χ4n) is 1.78. The highest BCUT2D eigenvalue weighted by Crippen LogP contribution is 2.12. The summed E-state index contributed by atoms with van der Waals surface area (Å²) in [7, 11) is 0. The Morgan fingerprint density at radius 3 is 2.38 bits per heavy atom. The van der Waals surface area contributed by atoms with Crippen LogP contribution in [-0.2, 0) is 25.7 Å². The van der Waals surface area contributed by atoms with Crippen molar-refractivity contribution < 1.29 is 19.1 Å². The molecule has 0 aliphatic heterocycles. The fourth-order valence-corrected chi connectivity index (χ4v) is 1.78. The third-order valence-electron chi connectivity index (χ3n) is 2.65. The van der Waals surface area contributed by atoms with E-state index in [-0.39, 0.29) is 18.9 Å². The zero-order valence-electron chi connectivity index (χ0n) is 12.8. The number of benzene rings is 1. The van der Waals surface area contributed by atoms with Crippen molar-refractivity contribution in [1.82, 2.24) is 0 Å². The average molecular weight is 290 g/mol. The summed E-state index contributed by atoms with van der Waals surface area (Å²) in [5.41, 5.74) is 1.25. The van der Waals surface area contributed by atoms with E-state index < -0.39 is 11.9 Å². The van der Waals surface area contributed by atoms with Crippen molar-refractivity contribution in [3.63, 3.8) is 0 Å². The first-order valence-corrected chi connectivity index (χ1v) is 7.10. The van der Waals surface area contributed by atoms with Crippen LogP contribution in [0.4, 0.5) is 0 Å². The lowest BCUT2D eigenvalue weighted by Gasteiger charge is -2.09. The Bertz CT molecular complexity index is 489. The van der Waals surface area contributed by atoms with E-state index in [2.05, 4.69) is 0 Å². The summed E-state index contributed by atoms with van der Waals surface area (Å²) >= 11 is 0. The van der Waals surface area contributed by atoms with Gasteiger partial charge in [-0.3, -0.25) is 4.79 Å². The van der Waals surface area contributed by atoms with Gasteiger partial charge in [-0.15, -0.1) is 0 Å². The van der Waals surface area contributed by atoms with Crippen molar-refractivity contribution >= 4 is 11.9 Å². The second-order valence-corrected chi connectivity index (χ2v) is 4.98. The number of allylic oxidation sites excluding steroid dienone is 1. The van der Waals surface area contributed by atoms with Gasteiger partial charge in [-0.25, -0.2) is 4.79 Å². The first-order chi connectivity index (χ1) is 10.0. The molecule has 1 aromatic carbocycles. The first-order valence-electron chi connectivity index (χ1n) is 7.10. The number of esters is 2. The van der Waals surface area contributed by atoms with Gasteiger partial charge in [-0.1, -0.05) is 50.3 Å². The van der Waals surface area contributed by atoms with Crippen LogP contribution in [0.25, 0.3) is 0 Å². The Hall–Kier alpha value is -2.10. The predicted octanol–water partition coefficient (Wildman–Crippen LogP) is 3.27. The van der Waals surface area contributed by atoms with Gasteiger partial charge in [0.25, 0.3) is 0 Å². The molecule has 0 atom stereocenters. The van der Waals surface area contributed by atoms with Crippen LogP contribution in [-0.4, -0.2) is 18.5 Å². The molecule has 1 aromatic rings. The van der Waals surface area contributed by atoms with Crippen molar-refractivity contribution in [2.45, 2.75) is 33.8 Å². The zero-order chi connectivity index (χ0) is 15.7. The standard InChI is InChI=1S/C17H22O4/c1-4-20-16(18)11-15(10-13(2)3)17(19)21-12-14-8-6-5-7-9-14/h5-10,13H,4,11-12H2,1-3H3/b15-10-. The van der Waals surface area contributed by atoms with Crippen LogP contribution in [0.5, 0.6) is 0 Å². The van der Waals surface area contributed by atoms with Gasteiger partial charge in [0.2, 0.25) is 0 Å². The summed E-state index contributed by atoms with van der Waals surface area (Å²) in [5, 5.41) is 0. The third-order valence-corrected chi connectivity index (χ3v) is 2.65. The molecule has 0 unspecified atom stereocenters. The summed E-state index contributed by atoms with van der Waals surface area (Å²) in [6, 6.07) is 9.42. The normalized spacial score (nSPS) is 11.3. The number of hydrogen-bond acceptors (Lipinski definition) is 4. The molecule has 0 heterocycles. The molecule has 21 heavy (non-hydrogen) atoms. The Morgan fingerprint density at radius 1 is 1.14 bits per heavy atom. The summed E-state index contributed by atoms with van der Waals surface area (Å²) in [4.78, 5) is 23.6. The number of ether oxygens (including phenoxy) is 2. The summed E-state index contributed by atoms with van der Waals surface area (Å²) in [6.45, 7) is 6.10. The molecule has 1 rings (SSSR count). The largest absolute Gasteiger partial charge is 0.466 e. The molecule has 0 saturated carbocycles. The maximum Gasteiger partial charge on any atom is 0.334 e. The van der Waals surface area contributed by atoms with Crippen LogP contribution >= 0.6 is 0 Å². The zero-order valence-corrected chi connectivity index (χ0v) is 12.8. The molecule has 114 valence electrons. The minimum Gasteiger partial charge on any atom is -0.466 e. The highest BCUT2D eigenvalue weighted by atomic mass is 16.5. The highest BCUT2D eigenvalue weighted by Gasteiger charge is 2.16. The fraction of sp³-hybridized carbons (Fsp3) is 0.412. The van der Waals surface area contributed by atoms with E-state index in [1.807, 2.05) is 44.2 Å². The molecule has 0 aliphatic carbocycles. The van der Waals surface area contributed by atoms with Gasteiger partial charge in [-0.05, 0) is 18.4 Å². The van der Waals surface area contributed by atoms with E-state index in [1.165, 1.54) is 0 Å². The summed E-state index contributed by atoms with van der Waals surface area (Å²) < 4.78 is 10.1. The lowest BCUT2D eigenvalue weighted by Crippen LogP contribution is -2.14. The first kappa shape index (κ1) is 17.0. The van der Waals surface area contributed by atoms with E-state index in [0.717, 1.165) is 5.56 Å². The minimum absolute atomic E-state index is 0.0559. The van der Waals surface area contributed by atoms with Gasteiger partial charge in [0, 0.05) is 5.57 Å². The van der Waals surface area contributed by atoms with Crippen molar-refractivity contribution in [3.8, 4) is 0 Å². The van der Waals surface area contributed by atoms with Gasteiger partial charge >= 0.3 is 11.9 Å². The molecule has 4 heteroatoms. The van der Waals surface area contributed by atoms with Gasteiger partial charge in [0.15, 0.2) is 0 Å². The number of carbonyl (C=O) groups excluding carboxylic acids is 2. The smallest absolute Gasteiger partial charge is 0.334 e. The SMILES string of the molecule is CCOC(=O)C/C(=C/C(C)C)C(=O)OCc1ccccc1. The van der Waals surface area contributed by atoms with Crippen molar-refractivity contribution in [1.29, 1.82) is 0 Å². The van der Waals surface area contributed by atoms with Crippen LogP contribution in [0.15, 0.2) is 42.0 Å². The molecule has 0 spiro atoms. The molecular formula is C17H22O4. The Balaban J connectivity index is 2.65. The quantitative estimate of drug-likeness (QED) is 0.571. The number of rotatable bonds is 7.